The minimum atomic E-state index is -0.562. The Morgan fingerprint density at radius 3 is 1.18 bits per heavy atom. The summed E-state index contributed by atoms with van der Waals surface area (Å²) in [6, 6.07) is 18.9. The number of nitrogens with zero attached hydrogens (tertiary/aromatic N) is 2. The first-order valence-corrected chi connectivity index (χ1v) is 10.6. The van der Waals surface area contributed by atoms with Gasteiger partial charge in [-0.05, 0) is 67.6 Å². The Kier molecular flexibility index (Phi) is 4.01. The van der Waals surface area contributed by atoms with E-state index in [4.69, 9.17) is 0 Å². The topological polar surface area (TPSA) is 95.0 Å². The van der Waals surface area contributed by atoms with Crippen molar-refractivity contribution in [1.29, 1.82) is 0 Å². The zero-order chi connectivity index (χ0) is 23.7. The van der Waals surface area contributed by atoms with Crippen LogP contribution in [0, 0.1) is 6.92 Å². The van der Waals surface area contributed by atoms with Gasteiger partial charge >= 0.3 is 0 Å². The predicted molar refractivity (Wildman–Crippen MR) is 126 cm³/mol. The fraction of sp³-hybridized carbons (Fsp3) is 0.0370. The van der Waals surface area contributed by atoms with Crippen molar-refractivity contribution >= 4 is 45.8 Å². The maximum absolute atomic E-state index is 13.4. The lowest BCUT2D eigenvalue weighted by Crippen LogP contribution is -2.43. The number of aryl methyl sites for hydroxylation is 1. The van der Waals surface area contributed by atoms with E-state index in [1.807, 2.05) is 19.1 Å². The molecule has 0 aromatic heterocycles. The normalized spacial score (nSPS) is 14.9. The third-order valence-corrected chi connectivity index (χ3v) is 6.29. The molecule has 0 aliphatic carbocycles. The number of rotatable bonds is 2. The molecule has 0 saturated heterocycles. The smallest absolute Gasteiger partial charge is 0.265 e. The highest BCUT2D eigenvalue weighted by molar-refractivity contribution is 6.42. The number of amides is 4. The first kappa shape index (κ1) is 19.9. The Balaban J connectivity index is 1.55. The zero-order valence-corrected chi connectivity index (χ0v) is 17.9. The maximum atomic E-state index is 13.4. The monoisotopic (exact) mass is 448 g/mol. The molecule has 0 unspecified atom stereocenters. The third kappa shape index (κ3) is 2.58. The van der Waals surface area contributed by atoms with Gasteiger partial charge in [0.15, 0.2) is 0 Å². The average molecular weight is 448 g/mol. The fourth-order valence-electron chi connectivity index (χ4n) is 4.64. The van der Waals surface area contributed by atoms with Gasteiger partial charge in [0.05, 0.1) is 11.4 Å². The summed E-state index contributed by atoms with van der Waals surface area (Å²) in [5, 5.41) is 10.2. The SMILES string of the molecule is Cc1ccc(N2C(=O)c3ccc4c5c(ccc(c35)C2=O)C(=O)N(c2ccc(O)cc2)C4=O)cc1. The van der Waals surface area contributed by atoms with Gasteiger partial charge in [0.25, 0.3) is 23.6 Å². The highest BCUT2D eigenvalue weighted by Gasteiger charge is 2.40. The van der Waals surface area contributed by atoms with Gasteiger partial charge in [0.1, 0.15) is 5.75 Å². The van der Waals surface area contributed by atoms with Crippen LogP contribution in [0.25, 0.3) is 10.8 Å². The van der Waals surface area contributed by atoms with E-state index in [2.05, 4.69) is 0 Å². The largest absolute Gasteiger partial charge is 0.508 e. The Bertz CT molecular complexity index is 1400. The van der Waals surface area contributed by atoms with E-state index in [9.17, 15) is 24.3 Å². The van der Waals surface area contributed by atoms with Crippen molar-refractivity contribution in [3.8, 4) is 5.75 Å². The van der Waals surface area contributed by atoms with Crippen molar-refractivity contribution in [2.75, 3.05) is 9.80 Å². The van der Waals surface area contributed by atoms with Crippen molar-refractivity contribution in [1.82, 2.24) is 0 Å². The van der Waals surface area contributed by atoms with Crippen LogP contribution < -0.4 is 9.80 Å². The van der Waals surface area contributed by atoms with Crippen LogP contribution in [0.3, 0.4) is 0 Å². The summed E-state index contributed by atoms with van der Waals surface area (Å²) < 4.78 is 0. The molecule has 164 valence electrons. The lowest BCUT2D eigenvalue weighted by molar-refractivity contribution is 0.0873. The molecule has 6 rings (SSSR count). The van der Waals surface area contributed by atoms with Crippen molar-refractivity contribution in [2.45, 2.75) is 6.92 Å². The summed E-state index contributed by atoms with van der Waals surface area (Å²) >= 11 is 0. The van der Waals surface area contributed by atoms with E-state index in [0.717, 1.165) is 15.4 Å². The highest BCUT2D eigenvalue weighted by Crippen LogP contribution is 2.40. The Labute approximate surface area is 193 Å². The number of carbonyl (C=O) groups excluding carboxylic acids is 4. The summed E-state index contributed by atoms with van der Waals surface area (Å²) in [5.41, 5.74) is 2.73. The Morgan fingerprint density at radius 1 is 0.500 bits per heavy atom. The van der Waals surface area contributed by atoms with Gasteiger partial charge in [-0.25, -0.2) is 9.80 Å². The molecular weight excluding hydrogens is 432 g/mol. The molecule has 0 radical (unpaired) electrons. The maximum Gasteiger partial charge on any atom is 0.265 e. The predicted octanol–water partition coefficient (Wildman–Crippen LogP) is 4.46. The molecule has 2 aliphatic heterocycles. The number of hydrogen-bond acceptors (Lipinski definition) is 5. The number of benzene rings is 4. The Morgan fingerprint density at radius 2 is 0.824 bits per heavy atom. The number of anilines is 2. The number of carbonyl (C=O) groups is 4. The second-order valence-electron chi connectivity index (χ2n) is 8.31. The first-order valence-electron chi connectivity index (χ1n) is 10.6. The van der Waals surface area contributed by atoms with Crippen LogP contribution in [0.1, 0.15) is 47.0 Å². The lowest BCUT2D eigenvalue weighted by Gasteiger charge is -2.32. The van der Waals surface area contributed by atoms with Crippen molar-refractivity contribution in [3.05, 3.63) is 101 Å². The standard InChI is InChI=1S/C27H16N2O5/c1-14-2-4-15(5-3-14)28-24(31)18-10-12-20-23-21(13-11-19(22(18)23)25(28)32)27(34)29(26(20)33)16-6-8-17(30)9-7-16/h2-13,30H,1H3. The molecule has 4 aromatic carbocycles. The number of imide groups is 2. The van der Waals surface area contributed by atoms with Gasteiger partial charge in [-0.3, -0.25) is 19.2 Å². The second kappa shape index (κ2) is 6.86. The molecule has 0 saturated carbocycles. The minimum absolute atomic E-state index is 0.00902. The number of phenolic OH excluding ortho intramolecular Hbond substituents is 1. The van der Waals surface area contributed by atoms with Gasteiger partial charge < -0.3 is 5.11 Å². The molecule has 7 nitrogen and oxygen atoms in total. The summed E-state index contributed by atoms with van der Waals surface area (Å²) in [7, 11) is 0. The summed E-state index contributed by atoms with van der Waals surface area (Å²) in [6.45, 7) is 1.91. The molecule has 0 spiro atoms. The van der Waals surface area contributed by atoms with Crippen molar-refractivity contribution in [3.63, 3.8) is 0 Å². The van der Waals surface area contributed by atoms with Crippen molar-refractivity contribution < 1.29 is 24.3 Å². The van der Waals surface area contributed by atoms with E-state index in [0.29, 0.717) is 22.1 Å². The van der Waals surface area contributed by atoms with E-state index >= 15 is 0 Å². The molecular formula is C27H16N2O5. The van der Waals surface area contributed by atoms with Crippen LogP contribution in [0.2, 0.25) is 0 Å². The van der Waals surface area contributed by atoms with Crippen molar-refractivity contribution in [2.24, 2.45) is 0 Å². The fourth-order valence-corrected chi connectivity index (χ4v) is 4.64. The van der Waals surface area contributed by atoms with Crippen LogP contribution in [0.15, 0.2) is 72.8 Å². The highest BCUT2D eigenvalue weighted by atomic mass is 16.3. The molecule has 2 heterocycles. The molecule has 1 N–H and O–H groups in total. The van der Waals surface area contributed by atoms with Crippen LogP contribution >= 0.6 is 0 Å². The molecule has 0 bridgehead atoms. The molecule has 0 atom stereocenters. The minimum Gasteiger partial charge on any atom is -0.508 e. The number of hydrogen-bond donors (Lipinski definition) is 1. The quantitative estimate of drug-likeness (QED) is 0.457. The zero-order valence-electron chi connectivity index (χ0n) is 17.9. The van der Waals surface area contributed by atoms with Gasteiger partial charge in [-0.1, -0.05) is 17.7 Å². The number of phenols is 1. The molecule has 7 heteroatoms. The van der Waals surface area contributed by atoms with Crippen LogP contribution in [0.5, 0.6) is 5.75 Å². The van der Waals surface area contributed by atoms with E-state index in [1.54, 1.807) is 12.1 Å². The number of aromatic hydroxyl groups is 1. The van der Waals surface area contributed by atoms with Crippen LogP contribution in [-0.4, -0.2) is 28.7 Å². The molecule has 4 amide bonds. The first-order chi connectivity index (χ1) is 16.4. The van der Waals surface area contributed by atoms with Gasteiger partial charge in [0, 0.05) is 33.0 Å². The van der Waals surface area contributed by atoms with Gasteiger partial charge in [0.2, 0.25) is 0 Å². The molecule has 2 aliphatic rings. The second-order valence-corrected chi connectivity index (χ2v) is 8.31. The van der Waals surface area contributed by atoms with E-state index in [1.165, 1.54) is 48.5 Å². The van der Waals surface area contributed by atoms with Gasteiger partial charge in [-0.2, -0.15) is 0 Å². The molecule has 34 heavy (non-hydrogen) atoms. The van der Waals surface area contributed by atoms with Crippen LogP contribution in [-0.2, 0) is 0 Å². The summed E-state index contributed by atoms with van der Waals surface area (Å²) in [6.07, 6.45) is 0. The lowest BCUT2D eigenvalue weighted by atomic mass is 9.85. The third-order valence-electron chi connectivity index (χ3n) is 6.29. The van der Waals surface area contributed by atoms with E-state index < -0.39 is 23.6 Å². The average Bonchev–Trinajstić information content (AvgIpc) is 2.83. The molecule has 0 fully saturated rings. The van der Waals surface area contributed by atoms with Crippen LogP contribution in [0.4, 0.5) is 11.4 Å². The van der Waals surface area contributed by atoms with Gasteiger partial charge in [-0.15, -0.1) is 0 Å². The molecule has 4 aromatic rings. The summed E-state index contributed by atoms with van der Waals surface area (Å²) in [4.78, 5) is 55.7. The van der Waals surface area contributed by atoms with E-state index in [-0.39, 0.29) is 28.0 Å². The Hall–Kier alpha value is -4.78. The summed E-state index contributed by atoms with van der Waals surface area (Å²) in [5.74, 6) is -2.13.